The molecule has 154 valence electrons. The lowest BCUT2D eigenvalue weighted by Crippen LogP contribution is -2.44. The predicted molar refractivity (Wildman–Crippen MR) is 108 cm³/mol. The van der Waals surface area contributed by atoms with Crippen molar-refractivity contribution in [2.75, 3.05) is 19.9 Å². The van der Waals surface area contributed by atoms with Crippen molar-refractivity contribution in [1.82, 2.24) is 9.88 Å². The van der Waals surface area contributed by atoms with Gasteiger partial charge in [0.1, 0.15) is 11.2 Å². The minimum atomic E-state index is -2.21. The van der Waals surface area contributed by atoms with Crippen molar-refractivity contribution < 1.29 is 23.6 Å². The summed E-state index contributed by atoms with van der Waals surface area (Å²) in [5.41, 5.74) is -0.686. The van der Waals surface area contributed by atoms with Gasteiger partial charge in [-0.3, -0.25) is 0 Å². The molecule has 7 nitrogen and oxygen atoms in total. The second-order valence-electron chi connectivity index (χ2n) is 8.83. The number of aromatic nitrogens is 1. The molecule has 0 aliphatic rings. The van der Waals surface area contributed by atoms with E-state index < -0.39 is 30.5 Å². The Kier molecular flexibility index (Phi) is 7.65. The first kappa shape index (κ1) is 23.6. The molecule has 1 aromatic rings. The molecule has 0 atom stereocenters. The van der Waals surface area contributed by atoms with Crippen LogP contribution in [0.1, 0.15) is 52.2 Å². The number of carbonyl (C=O) groups is 2. The quantitative estimate of drug-likeness (QED) is 0.627. The van der Waals surface area contributed by atoms with Gasteiger partial charge in [0.05, 0.1) is 17.8 Å². The molecule has 0 aliphatic carbocycles. The molecule has 0 saturated carbocycles. The first-order valence-corrected chi connectivity index (χ1v) is 12.4. The van der Waals surface area contributed by atoms with E-state index in [1.54, 1.807) is 54.9 Å². The van der Waals surface area contributed by atoms with Crippen LogP contribution in [-0.2, 0) is 26.6 Å². The van der Waals surface area contributed by atoms with Gasteiger partial charge >= 0.3 is 12.2 Å². The molecule has 0 saturated heterocycles. The number of thiazole rings is 1. The van der Waals surface area contributed by atoms with Crippen LogP contribution in [-0.4, -0.2) is 53.1 Å². The Bertz CT molecular complexity index is 684. The number of rotatable bonds is 5. The Morgan fingerprint density at radius 1 is 1.07 bits per heavy atom. The molecule has 0 fully saturated rings. The summed E-state index contributed by atoms with van der Waals surface area (Å²) in [4.78, 5) is 30.3. The summed E-state index contributed by atoms with van der Waals surface area (Å²) in [5, 5.41) is 2.62. The van der Waals surface area contributed by atoms with Gasteiger partial charge in [-0.05, 0) is 54.9 Å². The van der Waals surface area contributed by atoms with Crippen LogP contribution in [0.4, 0.5) is 9.59 Å². The average molecular weight is 418 g/mol. The summed E-state index contributed by atoms with van der Waals surface area (Å²) in [5.74, 6) is 0. The van der Waals surface area contributed by atoms with E-state index in [2.05, 4.69) is 4.98 Å². The van der Waals surface area contributed by atoms with Crippen LogP contribution < -0.4 is 0 Å². The molecule has 27 heavy (non-hydrogen) atoms. The van der Waals surface area contributed by atoms with Gasteiger partial charge in [-0.15, -0.1) is 11.3 Å². The summed E-state index contributed by atoms with van der Waals surface area (Å²) in [6, 6.07) is 0. The number of hydrogen-bond acceptors (Lipinski definition) is 7. The van der Waals surface area contributed by atoms with Crippen LogP contribution in [0.3, 0.4) is 0 Å². The summed E-state index contributed by atoms with van der Waals surface area (Å²) in [7, 11) is -2.21. The Labute approximate surface area is 165 Å². The Morgan fingerprint density at radius 3 is 1.96 bits per heavy atom. The predicted octanol–water partition coefficient (Wildman–Crippen LogP) is 4.98. The first-order chi connectivity index (χ1) is 12.1. The molecule has 0 aliphatic heterocycles. The van der Waals surface area contributed by atoms with Crippen molar-refractivity contribution in [3.05, 3.63) is 16.1 Å². The van der Waals surface area contributed by atoms with Crippen molar-refractivity contribution in [1.29, 1.82) is 0 Å². The lowest BCUT2D eigenvalue weighted by Gasteiger charge is -2.28. The van der Waals surface area contributed by atoms with Gasteiger partial charge in [0.2, 0.25) is 0 Å². The summed E-state index contributed by atoms with van der Waals surface area (Å²) in [6.45, 7) is 13.9. The van der Waals surface area contributed by atoms with Crippen molar-refractivity contribution in [2.24, 2.45) is 0 Å². The number of ether oxygens (including phenoxy) is 2. The molecule has 0 spiro atoms. The van der Waals surface area contributed by atoms with Gasteiger partial charge in [-0.25, -0.2) is 19.5 Å². The minimum Gasteiger partial charge on any atom is -0.443 e. The van der Waals surface area contributed by atoms with Crippen LogP contribution in [0, 0.1) is 0 Å². The zero-order chi connectivity index (χ0) is 21.0. The normalized spacial score (nSPS) is 12.6. The van der Waals surface area contributed by atoms with Gasteiger partial charge in [0, 0.05) is 24.5 Å². The Balaban J connectivity index is 2.86. The van der Waals surface area contributed by atoms with Crippen molar-refractivity contribution in [3.8, 4) is 0 Å². The third kappa shape index (κ3) is 9.91. The van der Waals surface area contributed by atoms with Crippen molar-refractivity contribution in [2.45, 2.75) is 65.3 Å². The lowest BCUT2D eigenvalue weighted by molar-refractivity contribution is 0.00171. The standard InChI is InChI=1S/C18H31N2O5PS/c1-17(2,3)24-15(21)20(16(22)25-18(4,5)6)10-9-14-19-13(12-27-14)11-26(7,8)23/h12H,9-11H2,1-8H3. The van der Waals surface area contributed by atoms with Crippen LogP contribution >= 0.6 is 18.5 Å². The number of hydrogen-bond donors (Lipinski definition) is 0. The van der Waals surface area contributed by atoms with E-state index in [4.69, 9.17) is 9.47 Å². The van der Waals surface area contributed by atoms with E-state index >= 15 is 0 Å². The maximum absolute atomic E-state index is 12.4. The van der Waals surface area contributed by atoms with Gasteiger partial charge in [-0.1, -0.05) is 0 Å². The van der Waals surface area contributed by atoms with Crippen LogP contribution in [0.15, 0.2) is 5.38 Å². The molecule has 9 heteroatoms. The molecule has 0 radical (unpaired) electrons. The first-order valence-electron chi connectivity index (χ1n) is 8.76. The van der Waals surface area contributed by atoms with Crippen molar-refractivity contribution >= 4 is 30.7 Å². The van der Waals surface area contributed by atoms with E-state index in [-0.39, 0.29) is 6.54 Å². The maximum Gasteiger partial charge on any atom is 0.419 e. The molecule has 0 bridgehead atoms. The monoisotopic (exact) mass is 418 g/mol. The molecule has 1 heterocycles. The molecule has 0 N–H and O–H groups in total. The van der Waals surface area contributed by atoms with Gasteiger partial charge in [-0.2, -0.15) is 0 Å². The molecular weight excluding hydrogens is 387 g/mol. The maximum atomic E-state index is 12.4. The lowest BCUT2D eigenvalue weighted by atomic mass is 10.2. The zero-order valence-electron chi connectivity index (χ0n) is 17.5. The van der Waals surface area contributed by atoms with E-state index in [1.807, 2.05) is 5.38 Å². The molecule has 1 aromatic heterocycles. The fourth-order valence-electron chi connectivity index (χ4n) is 2.03. The van der Waals surface area contributed by atoms with Gasteiger partial charge < -0.3 is 14.0 Å². The number of nitrogens with zero attached hydrogens (tertiary/aromatic N) is 2. The SMILES string of the molecule is CC(C)(C)OC(=O)N(CCc1nc(CP(C)(C)=O)cs1)C(=O)OC(C)(C)C. The highest BCUT2D eigenvalue weighted by Crippen LogP contribution is 2.40. The third-order valence-corrected chi connectivity index (χ3v) is 4.96. The largest absolute Gasteiger partial charge is 0.443 e. The van der Waals surface area contributed by atoms with E-state index in [1.165, 1.54) is 11.3 Å². The van der Waals surface area contributed by atoms with E-state index in [0.29, 0.717) is 12.6 Å². The van der Waals surface area contributed by atoms with E-state index in [9.17, 15) is 14.2 Å². The fourth-order valence-corrected chi connectivity index (χ4v) is 3.88. The zero-order valence-corrected chi connectivity index (χ0v) is 19.2. The van der Waals surface area contributed by atoms with Crippen LogP contribution in [0.2, 0.25) is 0 Å². The molecule has 2 amide bonds. The Morgan fingerprint density at radius 2 is 1.56 bits per heavy atom. The van der Waals surface area contributed by atoms with Gasteiger partial charge in [0.15, 0.2) is 0 Å². The average Bonchev–Trinajstić information content (AvgIpc) is 2.79. The van der Waals surface area contributed by atoms with Gasteiger partial charge in [0.25, 0.3) is 0 Å². The highest BCUT2D eigenvalue weighted by atomic mass is 32.1. The molecular formula is C18H31N2O5PS. The second kappa shape index (κ2) is 8.74. The summed E-state index contributed by atoms with van der Waals surface area (Å²) < 4.78 is 22.6. The second-order valence-corrected chi connectivity index (χ2v) is 13.2. The topological polar surface area (TPSA) is 85.8 Å². The molecule has 0 unspecified atom stereocenters. The number of amides is 2. The van der Waals surface area contributed by atoms with Crippen LogP contribution in [0.5, 0.6) is 0 Å². The summed E-state index contributed by atoms with van der Waals surface area (Å²) >= 11 is 1.42. The number of carbonyl (C=O) groups excluding carboxylic acids is 2. The third-order valence-electron chi connectivity index (χ3n) is 2.92. The molecule has 1 rings (SSSR count). The summed E-state index contributed by atoms with van der Waals surface area (Å²) in [6.07, 6.45) is -0.688. The minimum absolute atomic E-state index is 0.0900. The molecule has 0 aromatic carbocycles. The smallest absolute Gasteiger partial charge is 0.419 e. The van der Waals surface area contributed by atoms with Crippen LogP contribution in [0.25, 0.3) is 0 Å². The highest BCUT2D eigenvalue weighted by molar-refractivity contribution is 7.61. The Hall–Kier alpha value is -1.40. The van der Waals surface area contributed by atoms with E-state index in [0.717, 1.165) is 15.6 Å². The number of imide groups is 1. The van der Waals surface area contributed by atoms with Crippen molar-refractivity contribution in [3.63, 3.8) is 0 Å². The fraction of sp³-hybridized carbons (Fsp3) is 0.722. The highest BCUT2D eigenvalue weighted by Gasteiger charge is 2.31.